The third-order valence-corrected chi connectivity index (χ3v) is 2.13. The number of rotatable bonds is 2. The highest BCUT2D eigenvalue weighted by Crippen LogP contribution is 2.28. The summed E-state index contributed by atoms with van der Waals surface area (Å²) in [6.45, 7) is 0.0440. The van der Waals surface area contributed by atoms with E-state index in [0.717, 1.165) is 0 Å². The molecular formula is C7H8F2IN3. The van der Waals surface area contributed by atoms with Gasteiger partial charge in [-0.3, -0.25) is 0 Å². The molecule has 0 aliphatic carbocycles. The summed E-state index contributed by atoms with van der Waals surface area (Å²) in [5.74, 6) is -0.137. The van der Waals surface area contributed by atoms with E-state index in [2.05, 4.69) is 4.98 Å². The van der Waals surface area contributed by atoms with Gasteiger partial charge >= 0.3 is 0 Å². The lowest BCUT2D eigenvalue weighted by Gasteiger charge is -2.09. The van der Waals surface area contributed by atoms with Gasteiger partial charge in [0.2, 0.25) is 0 Å². The molecule has 0 aromatic carbocycles. The summed E-state index contributed by atoms with van der Waals surface area (Å²) in [5.41, 5.74) is 10.8. The highest BCUT2D eigenvalue weighted by atomic mass is 127. The summed E-state index contributed by atoms with van der Waals surface area (Å²) in [6.07, 6.45) is -2.62. The largest absolute Gasteiger partial charge is 0.383 e. The van der Waals surface area contributed by atoms with E-state index in [1.165, 1.54) is 6.07 Å². The maximum Gasteiger partial charge on any atom is 0.267 e. The highest BCUT2D eigenvalue weighted by molar-refractivity contribution is 14.1. The number of nitrogen functional groups attached to an aromatic ring is 1. The molecule has 0 saturated heterocycles. The van der Waals surface area contributed by atoms with Crippen LogP contribution in [-0.2, 0) is 6.54 Å². The molecule has 1 rings (SSSR count). The molecule has 1 aromatic heterocycles. The maximum atomic E-state index is 12.4. The van der Waals surface area contributed by atoms with Crippen molar-refractivity contribution in [1.82, 2.24) is 4.98 Å². The first kappa shape index (κ1) is 10.6. The lowest BCUT2D eigenvalue weighted by Crippen LogP contribution is -2.08. The van der Waals surface area contributed by atoms with Crippen molar-refractivity contribution in [3.63, 3.8) is 0 Å². The molecular weight excluding hydrogens is 291 g/mol. The van der Waals surface area contributed by atoms with Crippen LogP contribution < -0.4 is 11.5 Å². The molecule has 0 bridgehead atoms. The first-order valence-electron chi connectivity index (χ1n) is 3.49. The molecule has 1 aromatic rings. The van der Waals surface area contributed by atoms with Crippen LogP contribution in [0.15, 0.2) is 6.07 Å². The summed E-state index contributed by atoms with van der Waals surface area (Å²) >= 11 is 1.90. The minimum Gasteiger partial charge on any atom is -0.383 e. The van der Waals surface area contributed by atoms with Gasteiger partial charge in [-0.1, -0.05) is 0 Å². The van der Waals surface area contributed by atoms with Crippen molar-refractivity contribution in [3.05, 3.63) is 20.9 Å². The Morgan fingerprint density at radius 3 is 2.62 bits per heavy atom. The number of aromatic nitrogens is 1. The Labute approximate surface area is 87.7 Å². The van der Waals surface area contributed by atoms with Crippen LogP contribution in [0.3, 0.4) is 0 Å². The average Bonchev–Trinajstić information content (AvgIpc) is 2.01. The second kappa shape index (κ2) is 4.14. The molecule has 13 heavy (non-hydrogen) atoms. The SMILES string of the molecule is NCc1cc(I)nc(N)c1C(F)F. The molecule has 6 heteroatoms. The van der Waals surface area contributed by atoms with E-state index < -0.39 is 6.43 Å². The van der Waals surface area contributed by atoms with Crippen LogP contribution in [0.25, 0.3) is 0 Å². The second-order valence-electron chi connectivity index (χ2n) is 2.41. The molecule has 0 fully saturated rings. The van der Waals surface area contributed by atoms with Crippen molar-refractivity contribution in [2.45, 2.75) is 13.0 Å². The molecule has 4 N–H and O–H groups in total. The molecule has 0 aliphatic rings. The Morgan fingerprint density at radius 1 is 1.54 bits per heavy atom. The monoisotopic (exact) mass is 299 g/mol. The number of halogens is 3. The van der Waals surface area contributed by atoms with Gasteiger partial charge in [0, 0.05) is 6.54 Å². The van der Waals surface area contributed by atoms with E-state index in [-0.39, 0.29) is 17.9 Å². The predicted octanol–water partition coefficient (Wildman–Crippen LogP) is 1.66. The van der Waals surface area contributed by atoms with Crippen LogP contribution in [0.5, 0.6) is 0 Å². The fourth-order valence-electron chi connectivity index (χ4n) is 1.01. The Bertz CT molecular complexity index is 317. The van der Waals surface area contributed by atoms with E-state index >= 15 is 0 Å². The van der Waals surface area contributed by atoms with Crippen LogP contribution in [0.4, 0.5) is 14.6 Å². The molecule has 0 spiro atoms. The number of pyridine rings is 1. The quantitative estimate of drug-likeness (QED) is 0.645. The van der Waals surface area contributed by atoms with Crippen molar-refractivity contribution in [3.8, 4) is 0 Å². The van der Waals surface area contributed by atoms with Gasteiger partial charge in [0.15, 0.2) is 0 Å². The van der Waals surface area contributed by atoms with Gasteiger partial charge in [0.05, 0.1) is 5.56 Å². The van der Waals surface area contributed by atoms with Gasteiger partial charge in [-0.2, -0.15) is 0 Å². The first-order chi connectivity index (χ1) is 6.06. The smallest absolute Gasteiger partial charge is 0.267 e. The average molecular weight is 299 g/mol. The number of hydrogen-bond donors (Lipinski definition) is 2. The van der Waals surface area contributed by atoms with E-state index in [1.807, 2.05) is 22.6 Å². The van der Waals surface area contributed by atoms with E-state index in [1.54, 1.807) is 0 Å². The minimum atomic E-state index is -2.62. The van der Waals surface area contributed by atoms with Crippen LogP contribution in [0, 0.1) is 3.70 Å². The molecule has 0 amide bonds. The van der Waals surface area contributed by atoms with Crippen molar-refractivity contribution in [2.75, 3.05) is 5.73 Å². The molecule has 0 aliphatic heterocycles. The third kappa shape index (κ3) is 2.25. The van der Waals surface area contributed by atoms with Crippen molar-refractivity contribution in [1.29, 1.82) is 0 Å². The van der Waals surface area contributed by atoms with Crippen LogP contribution >= 0.6 is 22.6 Å². The Balaban J connectivity index is 3.30. The minimum absolute atomic E-state index is 0.0440. The summed E-state index contributed by atoms with van der Waals surface area (Å²) in [5, 5.41) is 0. The lowest BCUT2D eigenvalue weighted by molar-refractivity contribution is 0.150. The molecule has 0 saturated carbocycles. The van der Waals surface area contributed by atoms with Gasteiger partial charge in [-0.25, -0.2) is 13.8 Å². The molecule has 72 valence electrons. The summed E-state index contributed by atoms with van der Waals surface area (Å²) in [4.78, 5) is 3.73. The van der Waals surface area contributed by atoms with E-state index in [0.29, 0.717) is 9.26 Å². The van der Waals surface area contributed by atoms with E-state index in [9.17, 15) is 8.78 Å². The number of anilines is 1. The summed E-state index contributed by atoms with van der Waals surface area (Å²) in [7, 11) is 0. The fourth-order valence-corrected chi connectivity index (χ4v) is 1.65. The number of alkyl halides is 2. The predicted molar refractivity (Wildman–Crippen MR) is 54.2 cm³/mol. The zero-order chi connectivity index (χ0) is 10.0. The zero-order valence-electron chi connectivity index (χ0n) is 6.60. The van der Waals surface area contributed by atoms with Crippen LogP contribution in [-0.4, -0.2) is 4.98 Å². The van der Waals surface area contributed by atoms with Gasteiger partial charge in [-0.15, -0.1) is 0 Å². The van der Waals surface area contributed by atoms with E-state index in [4.69, 9.17) is 11.5 Å². The summed E-state index contributed by atoms with van der Waals surface area (Å²) in [6, 6.07) is 1.51. The van der Waals surface area contributed by atoms with Crippen LogP contribution in [0.1, 0.15) is 17.6 Å². The third-order valence-electron chi connectivity index (χ3n) is 1.58. The van der Waals surface area contributed by atoms with Gasteiger partial charge < -0.3 is 11.5 Å². The van der Waals surface area contributed by atoms with Gasteiger partial charge in [0.25, 0.3) is 6.43 Å². The normalized spacial score (nSPS) is 10.8. The number of nitrogens with two attached hydrogens (primary N) is 2. The van der Waals surface area contributed by atoms with Gasteiger partial charge in [0.1, 0.15) is 9.52 Å². The number of nitrogens with zero attached hydrogens (tertiary/aromatic N) is 1. The second-order valence-corrected chi connectivity index (χ2v) is 3.51. The van der Waals surface area contributed by atoms with Crippen LogP contribution in [0.2, 0.25) is 0 Å². The molecule has 0 radical (unpaired) electrons. The lowest BCUT2D eigenvalue weighted by atomic mass is 10.1. The topological polar surface area (TPSA) is 64.9 Å². The Morgan fingerprint density at radius 2 is 2.15 bits per heavy atom. The molecule has 0 atom stereocenters. The molecule has 1 heterocycles. The first-order valence-corrected chi connectivity index (χ1v) is 4.57. The maximum absolute atomic E-state index is 12.4. The standard InChI is InChI=1S/C7H8F2IN3/c8-6(9)5-3(2-11)1-4(10)13-7(5)12/h1,6H,2,11H2,(H2,12,13). The van der Waals surface area contributed by atoms with Crippen molar-refractivity contribution in [2.24, 2.45) is 5.73 Å². The Hall–Kier alpha value is -0.500. The van der Waals surface area contributed by atoms with Gasteiger partial charge in [-0.05, 0) is 34.2 Å². The number of hydrogen-bond acceptors (Lipinski definition) is 3. The fraction of sp³-hybridized carbons (Fsp3) is 0.286. The van der Waals surface area contributed by atoms with Crippen molar-refractivity contribution >= 4 is 28.4 Å². The molecule has 3 nitrogen and oxygen atoms in total. The van der Waals surface area contributed by atoms with Crippen molar-refractivity contribution < 1.29 is 8.78 Å². The summed E-state index contributed by atoms with van der Waals surface area (Å²) < 4.78 is 25.4. The molecule has 0 unspecified atom stereocenters. The Kier molecular flexibility index (Phi) is 3.37. The zero-order valence-corrected chi connectivity index (χ0v) is 8.76. The highest BCUT2D eigenvalue weighted by Gasteiger charge is 2.17.